The van der Waals surface area contributed by atoms with Crippen LogP contribution in [0.1, 0.15) is 188 Å². The maximum Gasteiger partial charge on any atom is 0.433 e. The quantitative estimate of drug-likeness (QED) is 0.00567. The van der Waals surface area contributed by atoms with Crippen LogP contribution in [0.5, 0.6) is 0 Å². The molecular formula is C74H143Cl2IN21O18S2V-. The summed E-state index contributed by atoms with van der Waals surface area (Å²) in [7, 11) is -2.61. The molecule has 0 aliphatic heterocycles. The molecule has 0 saturated heterocycles. The predicted octanol–water partition coefficient (Wildman–Crippen LogP) is 14.1. The van der Waals surface area contributed by atoms with Gasteiger partial charge < -0.3 is 78.2 Å². The first-order valence-corrected chi connectivity index (χ1v) is 43.2. The molecule has 0 spiro atoms. The number of nitrogens with one attached hydrogen (secondary N) is 9. The van der Waals surface area contributed by atoms with E-state index < -0.39 is 33.0 Å². The van der Waals surface area contributed by atoms with Gasteiger partial charge in [0.25, 0.3) is 5.95 Å². The van der Waals surface area contributed by atoms with Crippen molar-refractivity contribution in [3.63, 3.8) is 0 Å². The topological polar surface area (TPSA) is 509 Å². The van der Waals surface area contributed by atoms with Crippen LogP contribution in [0.15, 0.2) is 60.7 Å². The van der Waals surface area contributed by atoms with Gasteiger partial charge in [0, 0.05) is 79.0 Å². The summed E-state index contributed by atoms with van der Waals surface area (Å²) in [5, 5.41) is 23.5. The molecule has 3 heterocycles. The molecule has 45 heteroatoms. The standard InChI is InChI=1S/2C14H28N6O.C13H19NO3.C12H17NO3.C9H16ClN5.C5H13NO.C4H11NO.C3H6I.ClH.2H2O4S.V/c2*1-6-8-15-12-17-13(16-9-7-2)19-14(18-12)20(5)21-10-11(3)4;1-11(2)9-17-14(3)13(15)16-10-12-7-5-4-6-8-12;1-10(2)8-16-13-12(14)15-9-11-6-4-3-5-7-11;1-3-5-11-8-13-7(10)14-9(15-8)12-6-4-2;1-5(2)4-7-6-3;1-4(2)3-6-5;1-2-3-4;;2*1-5(2,3)4;/h2*11H,6-10H2,1-5H3,(H2,15,16,17,18,19);4-8,11H,9-10H2,1-3H3;3-7,10H,8-9H2,1-2H3,(H,13,14);3-6H2,1-2H3,(H2,11,12,13,14,15);5-6H,4H2,1-3H3;4H,3,5H2,1-2H3;3H,2H2,1H3;1H;2*(H2,1,2,3,4);/q;;;;;;;-1;;;;. The van der Waals surface area contributed by atoms with Crippen LogP contribution >= 0.6 is 46.6 Å². The minimum atomic E-state index is -4.92. The first-order valence-electron chi connectivity index (χ1n) is 38.8. The molecule has 1 radical (unpaired) electrons. The van der Waals surface area contributed by atoms with Crippen molar-refractivity contribution in [2.45, 2.75) is 190 Å². The number of benzene rings is 2. The Hall–Kier alpha value is -6.28. The molecule has 0 aliphatic rings. The van der Waals surface area contributed by atoms with Crippen LogP contribution in [0.3, 0.4) is 0 Å². The summed E-state index contributed by atoms with van der Waals surface area (Å²) >= 11 is 7.99. The van der Waals surface area contributed by atoms with E-state index in [0.717, 1.165) is 101 Å². The van der Waals surface area contributed by atoms with Crippen LogP contribution in [0.25, 0.3) is 0 Å². The number of hydrogen-bond donors (Lipinski definition) is 12. The van der Waals surface area contributed by atoms with Crippen LogP contribution in [-0.4, -0.2) is 199 Å². The molecule has 0 aliphatic carbocycles. The van der Waals surface area contributed by atoms with Gasteiger partial charge in [-0.1, -0.05) is 202 Å². The van der Waals surface area contributed by atoms with Crippen LogP contribution in [0.2, 0.25) is 5.28 Å². The Morgan fingerprint density at radius 2 is 0.849 bits per heavy atom. The van der Waals surface area contributed by atoms with Gasteiger partial charge >= 0.3 is 40.4 Å². The minimum absolute atomic E-state index is 0. The second-order valence-electron chi connectivity index (χ2n) is 27.0. The summed E-state index contributed by atoms with van der Waals surface area (Å²) in [6.07, 6.45) is 6.25. The third kappa shape index (κ3) is 92.3. The Morgan fingerprint density at radius 3 is 1.18 bits per heavy atom. The van der Waals surface area contributed by atoms with Crippen molar-refractivity contribution in [2.75, 3.05) is 149 Å². The van der Waals surface area contributed by atoms with Crippen molar-refractivity contribution < 1.29 is 107 Å². The maximum atomic E-state index is 11.5. The van der Waals surface area contributed by atoms with Crippen molar-refractivity contribution in [3.8, 4) is 0 Å². The minimum Gasteiger partial charge on any atom is -0.726 e. The van der Waals surface area contributed by atoms with E-state index >= 15 is 0 Å². The van der Waals surface area contributed by atoms with E-state index in [2.05, 4.69) is 210 Å². The molecule has 119 heavy (non-hydrogen) atoms. The first-order chi connectivity index (χ1) is 55.1. The number of aromatic nitrogens is 9. The Balaban J connectivity index is -0.000000244. The fourth-order valence-electron chi connectivity index (χ4n) is 6.53. The summed E-state index contributed by atoms with van der Waals surface area (Å²) in [6.45, 7) is 48.6. The predicted molar refractivity (Wildman–Crippen MR) is 477 cm³/mol. The number of ether oxygens (including phenoxy) is 2. The van der Waals surface area contributed by atoms with E-state index in [1.807, 2.05) is 116 Å². The molecular weight excluding hydrogens is 1780 g/mol. The van der Waals surface area contributed by atoms with E-state index in [0.29, 0.717) is 116 Å². The van der Waals surface area contributed by atoms with Gasteiger partial charge in [-0.3, -0.25) is 32.6 Å². The van der Waals surface area contributed by atoms with Crippen LogP contribution < -0.4 is 63.9 Å². The second-order valence-corrected chi connectivity index (χ2v) is 30.0. The average molecular weight is 1930 g/mol. The molecule has 0 unspecified atom stereocenters. The van der Waals surface area contributed by atoms with Gasteiger partial charge in [-0.25, -0.2) is 44.3 Å². The number of nitrogens with two attached hydrogens (primary N) is 1. The zero-order valence-corrected chi connectivity index (χ0v) is 80.8. The first kappa shape index (κ1) is 126. The van der Waals surface area contributed by atoms with E-state index in [1.54, 1.807) is 24.2 Å². The van der Waals surface area contributed by atoms with Crippen molar-refractivity contribution >= 4 is 127 Å². The van der Waals surface area contributed by atoms with E-state index in [4.69, 9.17) is 86.2 Å². The zero-order valence-electron chi connectivity index (χ0n) is 74.1. The molecule has 0 bridgehead atoms. The average Bonchev–Trinajstić information content (AvgIpc) is 0.855. The molecule has 14 N–H and O–H groups in total. The SMILES string of the molecule is CC(C)CON.CC(C)CON(C)C(=O)OCc1ccccc1.CC(C)CONC(=O)OCc1ccccc1.CCCNc1nc(Cl)nc(NCCC)n1.CCCNc1nc(NCCC)[nH+]c(N(C)OCC(C)C)n1.CCCNc1nc(NCCC)nc(N(C)OCC(C)C)n1.CC[CH-]I.CNOCC(C)C.Cl.O=S(=O)(O)O.O=S(=O)([O-])O.[V]. The Morgan fingerprint density at radius 1 is 0.521 bits per heavy atom. The van der Waals surface area contributed by atoms with E-state index in [9.17, 15) is 9.59 Å². The number of rotatable bonds is 42. The number of amides is 2. The number of halogens is 3. The Labute approximate surface area is 746 Å². The largest absolute Gasteiger partial charge is 0.726 e. The molecule has 5 rings (SSSR count). The van der Waals surface area contributed by atoms with Gasteiger partial charge in [-0.2, -0.15) is 60.3 Å². The third-order valence-electron chi connectivity index (χ3n) is 11.9. The molecule has 5 aromatic rings. The molecule has 0 fully saturated rings. The molecule has 0 saturated carbocycles. The fourth-order valence-corrected chi connectivity index (χ4v) is 6.69. The number of anilines is 8. The zero-order chi connectivity index (χ0) is 90.0. The van der Waals surface area contributed by atoms with Crippen LogP contribution in [-0.2, 0) is 91.1 Å². The van der Waals surface area contributed by atoms with E-state index in [1.165, 1.54) is 6.42 Å². The molecule has 691 valence electrons. The molecule has 39 nitrogen and oxygen atoms in total. The fraction of sp³-hybridized carbons (Fsp3) is 0.676. The van der Waals surface area contributed by atoms with Gasteiger partial charge in [0.1, 0.15) is 13.2 Å². The van der Waals surface area contributed by atoms with Crippen molar-refractivity contribution in [2.24, 2.45) is 41.4 Å². The summed E-state index contributed by atoms with van der Waals surface area (Å²) in [5.41, 5.74) is 6.72. The summed E-state index contributed by atoms with van der Waals surface area (Å²) < 4.78 is 76.5. The number of carbonyl (C=O) groups excluding carboxylic acids is 2. The Bertz CT molecular complexity index is 3200. The number of hydrogen-bond acceptors (Lipinski definition) is 33. The number of nitrogens with zero attached hydrogens (tertiary/aromatic N) is 11. The van der Waals surface area contributed by atoms with Gasteiger partial charge in [0.15, 0.2) is 0 Å². The van der Waals surface area contributed by atoms with Crippen molar-refractivity contribution in [3.05, 3.63) is 81.5 Å². The smallest absolute Gasteiger partial charge is 0.433 e. The normalized spacial score (nSPS) is 10.3. The third-order valence-corrected chi connectivity index (χ3v) is 12.9. The second kappa shape index (κ2) is 82.7. The van der Waals surface area contributed by atoms with Crippen molar-refractivity contribution in [1.29, 1.82) is 0 Å². The molecule has 2 aromatic carbocycles. The van der Waals surface area contributed by atoms with Gasteiger partial charge in [0.2, 0.25) is 39.5 Å². The van der Waals surface area contributed by atoms with Gasteiger partial charge in [-0.15, -0.1) is 12.4 Å². The van der Waals surface area contributed by atoms with Crippen molar-refractivity contribution in [1.82, 2.24) is 55.9 Å². The maximum absolute atomic E-state index is 11.5. The number of aromatic amines is 1. The van der Waals surface area contributed by atoms with Gasteiger partial charge in [0.05, 0.1) is 46.7 Å². The monoisotopic (exact) mass is 1930 g/mol. The van der Waals surface area contributed by atoms with Gasteiger partial charge in [-0.05, 0) is 96.8 Å². The Kier molecular flexibility index (Phi) is 87.4. The molecule has 2 amide bonds. The molecule has 3 aromatic heterocycles. The summed E-state index contributed by atoms with van der Waals surface area (Å²) in [4.78, 5) is 90.5. The number of H-pyrrole nitrogens is 1. The number of carbonyl (C=O) groups is 2. The van der Waals surface area contributed by atoms with E-state index in [-0.39, 0.29) is 49.5 Å². The van der Waals surface area contributed by atoms with Crippen LogP contribution in [0.4, 0.5) is 57.2 Å². The molecule has 0 atom stereocenters. The summed E-state index contributed by atoms with van der Waals surface area (Å²) in [6, 6.07) is 19.0. The van der Waals surface area contributed by atoms with Crippen LogP contribution in [0, 0.1) is 39.9 Å². The summed E-state index contributed by atoms with van der Waals surface area (Å²) in [5.74, 6) is 12.2. The number of hydroxylamine groups is 6.